The largest absolute Gasteiger partial charge is 0.396 e. The summed E-state index contributed by atoms with van der Waals surface area (Å²) in [7, 11) is 0. The van der Waals surface area contributed by atoms with Gasteiger partial charge < -0.3 is 16.2 Å². The summed E-state index contributed by atoms with van der Waals surface area (Å²) in [6.07, 6.45) is 4.69. The SMILES string of the molecule is CC(C)C(CCO)NC(=O)C1CCCCC1N. The van der Waals surface area contributed by atoms with Crippen LogP contribution in [0.15, 0.2) is 0 Å². The van der Waals surface area contributed by atoms with Gasteiger partial charge in [0.15, 0.2) is 0 Å². The molecule has 100 valence electrons. The van der Waals surface area contributed by atoms with E-state index in [1.807, 2.05) is 0 Å². The standard InChI is InChI=1S/C13H26N2O2/c1-9(2)12(7-8-16)15-13(17)10-5-3-4-6-11(10)14/h9-12,16H,3-8,14H2,1-2H3,(H,15,17). The Labute approximate surface area is 104 Å². The van der Waals surface area contributed by atoms with Gasteiger partial charge in [0.1, 0.15) is 0 Å². The molecule has 0 saturated heterocycles. The Kier molecular flexibility index (Phi) is 5.92. The van der Waals surface area contributed by atoms with Gasteiger partial charge in [-0.25, -0.2) is 0 Å². The zero-order chi connectivity index (χ0) is 12.8. The molecule has 3 atom stereocenters. The predicted molar refractivity (Wildman–Crippen MR) is 68.4 cm³/mol. The van der Waals surface area contributed by atoms with Crippen molar-refractivity contribution in [3.63, 3.8) is 0 Å². The maximum absolute atomic E-state index is 12.1. The van der Waals surface area contributed by atoms with Crippen molar-refractivity contribution in [2.75, 3.05) is 6.61 Å². The summed E-state index contributed by atoms with van der Waals surface area (Å²) < 4.78 is 0. The van der Waals surface area contributed by atoms with Crippen LogP contribution in [0.2, 0.25) is 0 Å². The van der Waals surface area contributed by atoms with Crippen LogP contribution < -0.4 is 11.1 Å². The molecule has 17 heavy (non-hydrogen) atoms. The smallest absolute Gasteiger partial charge is 0.224 e. The number of hydrogen-bond acceptors (Lipinski definition) is 3. The van der Waals surface area contributed by atoms with Gasteiger partial charge in [0.05, 0.1) is 5.92 Å². The lowest BCUT2D eigenvalue weighted by Crippen LogP contribution is -2.48. The molecule has 1 aliphatic carbocycles. The monoisotopic (exact) mass is 242 g/mol. The minimum absolute atomic E-state index is 0.00527. The molecule has 0 radical (unpaired) electrons. The summed E-state index contributed by atoms with van der Waals surface area (Å²) in [6, 6.07) is 0.0623. The summed E-state index contributed by atoms with van der Waals surface area (Å²) in [5.74, 6) is 0.374. The molecule has 4 nitrogen and oxygen atoms in total. The fourth-order valence-electron chi connectivity index (χ4n) is 2.49. The topological polar surface area (TPSA) is 75.3 Å². The van der Waals surface area contributed by atoms with Gasteiger partial charge in [0.2, 0.25) is 5.91 Å². The Hall–Kier alpha value is -0.610. The van der Waals surface area contributed by atoms with Crippen LogP contribution in [0.5, 0.6) is 0 Å². The van der Waals surface area contributed by atoms with E-state index < -0.39 is 0 Å². The van der Waals surface area contributed by atoms with E-state index in [4.69, 9.17) is 10.8 Å². The minimum Gasteiger partial charge on any atom is -0.396 e. The molecule has 0 aromatic heterocycles. The molecule has 0 spiro atoms. The third-order valence-electron chi connectivity index (χ3n) is 3.73. The Balaban J connectivity index is 2.50. The summed E-state index contributed by atoms with van der Waals surface area (Å²) in [5, 5.41) is 12.0. The summed E-state index contributed by atoms with van der Waals surface area (Å²) in [6.45, 7) is 4.22. The van der Waals surface area contributed by atoms with Crippen molar-refractivity contribution >= 4 is 5.91 Å². The minimum atomic E-state index is -0.0382. The number of hydrogen-bond donors (Lipinski definition) is 3. The van der Waals surface area contributed by atoms with Crippen molar-refractivity contribution < 1.29 is 9.90 Å². The molecule has 0 heterocycles. The molecule has 4 heteroatoms. The first-order valence-corrected chi connectivity index (χ1v) is 6.73. The van der Waals surface area contributed by atoms with Crippen LogP contribution in [0.25, 0.3) is 0 Å². The number of nitrogens with one attached hydrogen (secondary N) is 1. The lowest BCUT2D eigenvalue weighted by molar-refractivity contribution is -0.127. The Bertz CT molecular complexity index is 244. The van der Waals surface area contributed by atoms with Gasteiger partial charge in [0, 0.05) is 18.7 Å². The molecule has 3 unspecified atom stereocenters. The number of aliphatic hydroxyl groups is 1. The van der Waals surface area contributed by atoms with Crippen molar-refractivity contribution in [2.24, 2.45) is 17.6 Å². The maximum atomic E-state index is 12.1. The van der Waals surface area contributed by atoms with E-state index in [0.29, 0.717) is 12.3 Å². The highest BCUT2D eigenvalue weighted by atomic mass is 16.3. The highest BCUT2D eigenvalue weighted by Gasteiger charge is 2.29. The van der Waals surface area contributed by atoms with E-state index >= 15 is 0 Å². The van der Waals surface area contributed by atoms with Crippen molar-refractivity contribution in [3.8, 4) is 0 Å². The molecular weight excluding hydrogens is 216 g/mol. The van der Waals surface area contributed by atoms with Gasteiger partial charge >= 0.3 is 0 Å². The zero-order valence-corrected chi connectivity index (χ0v) is 11.0. The van der Waals surface area contributed by atoms with E-state index in [-0.39, 0.29) is 30.5 Å². The number of aliphatic hydroxyl groups excluding tert-OH is 1. The van der Waals surface area contributed by atoms with E-state index in [1.165, 1.54) is 0 Å². The van der Waals surface area contributed by atoms with E-state index in [9.17, 15) is 4.79 Å². The highest BCUT2D eigenvalue weighted by molar-refractivity contribution is 5.79. The second-order valence-electron chi connectivity index (χ2n) is 5.43. The lowest BCUT2D eigenvalue weighted by Gasteiger charge is -2.30. The summed E-state index contributed by atoms with van der Waals surface area (Å²) in [5.41, 5.74) is 6.00. The maximum Gasteiger partial charge on any atom is 0.224 e. The van der Waals surface area contributed by atoms with Gasteiger partial charge in [-0.05, 0) is 25.2 Å². The van der Waals surface area contributed by atoms with Crippen molar-refractivity contribution in [1.82, 2.24) is 5.32 Å². The van der Waals surface area contributed by atoms with Crippen LogP contribution in [0.3, 0.4) is 0 Å². The molecule has 1 fully saturated rings. The van der Waals surface area contributed by atoms with E-state index in [1.54, 1.807) is 0 Å². The van der Waals surface area contributed by atoms with Gasteiger partial charge in [-0.2, -0.15) is 0 Å². The molecule has 4 N–H and O–H groups in total. The van der Waals surface area contributed by atoms with Crippen molar-refractivity contribution in [1.29, 1.82) is 0 Å². The highest BCUT2D eigenvalue weighted by Crippen LogP contribution is 2.23. The number of carbonyl (C=O) groups excluding carboxylic acids is 1. The fraction of sp³-hybridized carbons (Fsp3) is 0.923. The molecule has 1 aliphatic rings. The first-order valence-electron chi connectivity index (χ1n) is 6.73. The predicted octanol–water partition coefficient (Wildman–Crippen LogP) is 1.03. The van der Waals surface area contributed by atoms with Crippen molar-refractivity contribution in [3.05, 3.63) is 0 Å². The second kappa shape index (κ2) is 6.97. The molecular formula is C13H26N2O2. The number of rotatable bonds is 5. The fourth-order valence-corrected chi connectivity index (χ4v) is 2.49. The number of amides is 1. The van der Waals surface area contributed by atoms with Crippen LogP contribution in [-0.2, 0) is 4.79 Å². The van der Waals surface area contributed by atoms with Crippen LogP contribution >= 0.6 is 0 Å². The van der Waals surface area contributed by atoms with Crippen LogP contribution in [0, 0.1) is 11.8 Å². The lowest BCUT2D eigenvalue weighted by atomic mass is 9.84. The average Bonchev–Trinajstić information content (AvgIpc) is 2.28. The second-order valence-corrected chi connectivity index (χ2v) is 5.43. The number of carbonyl (C=O) groups is 1. The Morgan fingerprint density at radius 3 is 2.59 bits per heavy atom. The first-order chi connectivity index (χ1) is 8.06. The normalized spacial score (nSPS) is 26.9. The number of nitrogens with two attached hydrogens (primary N) is 1. The van der Waals surface area contributed by atoms with E-state index in [2.05, 4.69) is 19.2 Å². The van der Waals surface area contributed by atoms with Crippen LogP contribution in [-0.4, -0.2) is 29.7 Å². The van der Waals surface area contributed by atoms with Gasteiger partial charge in [-0.15, -0.1) is 0 Å². The van der Waals surface area contributed by atoms with Crippen molar-refractivity contribution in [2.45, 2.75) is 58.0 Å². The third kappa shape index (κ3) is 4.28. The van der Waals surface area contributed by atoms with E-state index in [0.717, 1.165) is 25.7 Å². The zero-order valence-electron chi connectivity index (χ0n) is 11.0. The van der Waals surface area contributed by atoms with Crippen LogP contribution in [0.4, 0.5) is 0 Å². The molecule has 0 aromatic rings. The van der Waals surface area contributed by atoms with Gasteiger partial charge in [0.25, 0.3) is 0 Å². The first kappa shape index (κ1) is 14.5. The molecule has 0 bridgehead atoms. The third-order valence-corrected chi connectivity index (χ3v) is 3.73. The molecule has 0 aliphatic heterocycles. The van der Waals surface area contributed by atoms with Gasteiger partial charge in [-0.1, -0.05) is 26.7 Å². The van der Waals surface area contributed by atoms with Crippen LogP contribution in [0.1, 0.15) is 46.0 Å². The molecule has 1 amide bonds. The summed E-state index contributed by atoms with van der Waals surface area (Å²) in [4.78, 5) is 12.1. The quantitative estimate of drug-likeness (QED) is 0.674. The molecule has 1 rings (SSSR count). The van der Waals surface area contributed by atoms with Gasteiger partial charge in [-0.3, -0.25) is 4.79 Å². The Morgan fingerprint density at radius 2 is 2.06 bits per heavy atom. The molecule has 1 saturated carbocycles. The average molecular weight is 242 g/mol. The Morgan fingerprint density at radius 1 is 1.41 bits per heavy atom. The summed E-state index contributed by atoms with van der Waals surface area (Å²) >= 11 is 0. The molecule has 0 aromatic carbocycles.